The van der Waals surface area contributed by atoms with Crippen LogP contribution in [0, 0.1) is 15.9 Å². The van der Waals surface area contributed by atoms with Gasteiger partial charge in [0.1, 0.15) is 11.5 Å². The highest BCUT2D eigenvalue weighted by atomic mass is 19.1. The van der Waals surface area contributed by atoms with Crippen LogP contribution in [0.2, 0.25) is 0 Å². The number of nitro groups is 1. The molecule has 0 aromatic heterocycles. The van der Waals surface area contributed by atoms with Gasteiger partial charge in [0, 0.05) is 50.0 Å². The molecule has 0 saturated carbocycles. The lowest BCUT2D eigenvalue weighted by atomic mass is 10.1. The summed E-state index contributed by atoms with van der Waals surface area (Å²) in [4.78, 5) is 27.0. The molecule has 1 fully saturated rings. The number of nitro benzene ring substituents is 1. The van der Waals surface area contributed by atoms with Crippen LogP contribution in [-0.2, 0) is 0 Å². The van der Waals surface area contributed by atoms with Crippen LogP contribution in [0.3, 0.4) is 0 Å². The first-order valence-corrected chi connectivity index (χ1v) is 8.81. The van der Waals surface area contributed by atoms with Crippen molar-refractivity contribution >= 4 is 23.0 Å². The minimum Gasteiger partial charge on any atom is -0.380 e. The number of anilines is 2. The third kappa shape index (κ3) is 4.16. The van der Waals surface area contributed by atoms with E-state index in [1.54, 1.807) is 23.1 Å². The summed E-state index contributed by atoms with van der Waals surface area (Å²) in [6, 6.07) is 10.7. The lowest BCUT2D eigenvalue weighted by molar-refractivity contribution is -0.383. The minimum atomic E-state index is -0.429. The predicted octanol–water partition coefficient (Wildman–Crippen LogP) is 3.13. The van der Waals surface area contributed by atoms with Crippen LogP contribution in [0.1, 0.15) is 17.3 Å². The number of nitrogens with one attached hydrogen (secondary N) is 1. The van der Waals surface area contributed by atoms with Crippen molar-refractivity contribution < 1.29 is 14.1 Å². The molecule has 0 atom stereocenters. The molecule has 1 aliphatic rings. The highest BCUT2D eigenvalue weighted by Gasteiger charge is 2.24. The lowest BCUT2D eigenvalue weighted by Crippen LogP contribution is -2.48. The number of rotatable bonds is 5. The summed E-state index contributed by atoms with van der Waals surface area (Å²) in [6.07, 6.45) is 0. The zero-order chi connectivity index (χ0) is 19.4. The van der Waals surface area contributed by atoms with E-state index < -0.39 is 10.7 Å². The van der Waals surface area contributed by atoms with Crippen molar-refractivity contribution in [1.82, 2.24) is 4.90 Å². The van der Waals surface area contributed by atoms with Gasteiger partial charge in [-0.25, -0.2) is 4.39 Å². The Bertz CT molecular complexity index is 851. The molecule has 8 heteroatoms. The van der Waals surface area contributed by atoms with Gasteiger partial charge in [0.25, 0.3) is 11.6 Å². The summed E-state index contributed by atoms with van der Waals surface area (Å²) in [5.74, 6) is -0.618. The molecule has 0 aliphatic carbocycles. The van der Waals surface area contributed by atoms with Gasteiger partial charge in [0.05, 0.1) is 4.92 Å². The first-order chi connectivity index (χ1) is 13.0. The number of hydrogen-bond acceptors (Lipinski definition) is 5. The van der Waals surface area contributed by atoms with Crippen LogP contribution in [0.5, 0.6) is 0 Å². The number of benzene rings is 2. The fourth-order valence-electron chi connectivity index (χ4n) is 3.18. The van der Waals surface area contributed by atoms with Crippen molar-refractivity contribution in [1.29, 1.82) is 0 Å². The highest BCUT2D eigenvalue weighted by Crippen LogP contribution is 2.30. The van der Waals surface area contributed by atoms with Crippen molar-refractivity contribution in [2.45, 2.75) is 6.92 Å². The molecular formula is C19H21FN4O3. The summed E-state index contributed by atoms with van der Waals surface area (Å²) in [5.41, 5.74) is 1.74. The van der Waals surface area contributed by atoms with E-state index in [1.165, 1.54) is 24.3 Å². The number of carbonyl (C=O) groups is 1. The second kappa shape index (κ2) is 8.03. The number of hydrogen-bond donors (Lipinski definition) is 1. The van der Waals surface area contributed by atoms with Crippen LogP contribution in [0.4, 0.5) is 21.5 Å². The van der Waals surface area contributed by atoms with Gasteiger partial charge in [-0.3, -0.25) is 14.9 Å². The van der Waals surface area contributed by atoms with Crippen molar-refractivity contribution in [3.05, 3.63) is 64.0 Å². The van der Waals surface area contributed by atoms with Crippen molar-refractivity contribution in [2.24, 2.45) is 0 Å². The summed E-state index contributed by atoms with van der Waals surface area (Å²) in [6.45, 7) is 4.67. The van der Waals surface area contributed by atoms with E-state index in [0.717, 1.165) is 5.69 Å². The van der Waals surface area contributed by atoms with E-state index >= 15 is 0 Å². The third-order valence-corrected chi connectivity index (χ3v) is 4.55. The standard InChI is InChI=1S/C19H21FN4O3/c1-2-21-17-13-16(6-7-18(17)24(26)27)22-8-10-23(11-9-22)19(25)14-4-3-5-15(20)12-14/h3-7,12-13,21H,2,8-11H2,1H3. The number of piperazine rings is 1. The molecule has 2 aromatic carbocycles. The molecule has 0 radical (unpaired) electrons. The summed E-state index contributed by atoms with van der Waals surface area (Å²) < 4.78 is 13.3. The number of carbonyl (C=O) groups excluding carboxylic acids is 1. The maximum Gasteiger partial charge on any atom is 0.292 e. The van der Waals surface area contributed by atoms with Crippen LogP contribution in [-0.4, -0.2) is 48.5 Å². The van der Waals surface area contributed by atoms with Gasteiger partial charge in [0.15, 0.2) is 0 Å². The van der Waals surface area contributed by atoms with Gasteiger partial charge < -0.3 is 15.1 Å². The molecule has 0 spiro atoms. The molecule has 1 aliphatic heterocycles. The molecule has 142 valence electrons. The number of halogens is 1. The van der Waals surface area contributed by atoms with E-state index in [4.69, 9.17) is 0 Å². The summed E-state index contributed by atoms with van der Waals surface area (Å²) in [7, 11) is 0. The van der Waals surface area contributed by atoms with E-state index in [1.807, 2.05) is 6.92 Å². The van der Waals surface area contributed by atoms with Gasteiger partial charge in [-0.1, -0.05) is 6.07 Å². The topological polar surface area (TPSA) is 78.7 Å². The number of amides is 1. The smallest absolute Gasteiger partial charge is 0.292 e. The van der Waals surface area contributed by atoms with Crippen molar-refractivity contribution in [2.75, 3.05) is 42.9 Å². The molecular weight excluding hydrogens is 351 g/mol. The maximum absolute atomic E-state index is 13.3. The fourth-order valence-corrected chi connectivity index (χ4v) is 3.18. The van der Waals surface area contributed by atoms with E-state index in [2.05, 4.69) is 10.2 Å². The molecule has 1 amide bonds. The van der Waals surface area contributed by atoms with Crippen molar-refractivity contribution in [3.8, 4) is 0 Å². The average Bonchev–Trinajstić information content (AvgIpc) is 2.67. The largest absolute Gasteiger partial charge is 0.380 e. The lowest BCUT2D eigenvalue weighted by Gasteiger charge is -2.36. The monoisotopic (exact) mass is 372 g/mol. The molecule has 1 N–H and O–H groups in total. The normalized spacial score (nSPS) is 14.1. The average molecular weight is 372 g/mol. The van der Waals surface area contributed by atoms with E-state index in [0.29, 0.717) is 44.0 Å². The Labute approximate surface area is 156 Å². The Hall–Kier alpha value is -3.16. The first-order valence-electron chi connectivity index (χ1n) is 8.81. The molecule has 3 rings (SSSR count). The van der Waals surface area contributed by atoms with Crippen LogP contribution < -0.4 is 10.2 Å². The predicted molar refractivity (Wildman–Crippen MR) is 102 cm³/mol. The third-order valence-electron chi connectivity index (χ3n) is 4.55. The molecule has 1 heterocycles. The van der Waals surface area contributed by atoms with Crippen LogP contribution in [0.15, 0.2) is 42.5 Å². The minimum absolute atomic E-state index is 0.0421. The molecule has 7 nitrogen and oxygen atoms in total. The fraction of sp³-hybridized carbons (Fsp3) is 0.316. The van der Waals surface area contributed by atoms with Gasteiger partial charge in [-0.15, -0.1) is 0 Å². The Morgan fingerprint density at radius 3 is 2.56 bits per heavy atom. The van der Waals surface area contributed by atoms with Gasteiger partial charge in [-0.2, -0.15) is 0 Å². The zero-order valence-electron chi connectivity index (χ0n) is 15.0. The number of nitrogens with zero attached hydrogens (tertiary/aromatic N) is 3. The molecule has 1 saturated heterocycles. The second-order valence-electron chi connectivity index (χ2n) is 6.28. The Morgan fingerprint density at radius 1 is 1.19 bits per heavy atom. The van der Waals surface area contributed by atoms with Gasteiger partial charge in [0.2, 0.25) is 0 Å². The Kier molecular flexibility index (Phi) is 5.54. The summed E-state index contributed by atoms with van der Waals surface area (Å²) in [5, 5.41) is 14.2. The van der Waals surface area contributed by atoms with Crippen LogP contribution in [0.25, 0.3) is 0 Å². The van der Waals surface area contributed by atoms with E-state index in [-0.39, 0.29) is 11.6 Å². The van der Waals surface area contributed by atoms with Gasteiger partial charge in [-0.05, 0) is 37.3 Å². The van der Waals surface area contributed by atoms with Crippen molar-refractivity contribution in [3.63, 3.8) is 0 Å². The second-order valence-corrected chi connectivity index (χ2v) is 6.28. The Morgan fingerprint density at radius 2 is 1.93 bits per heavy atom. The highest BCUT2D eigenvalue weighted by molar-refractivity contribution is 5.94. The Balaban J connectivity index is 1.69. The molecule has 0 unspecified atom stereocenters. The molecule has 27 heavy (non-hydrogen) atoms. The zero-order valence-corrected chi connectivity index (χ0v) is 15.0. The molecule has 0 bridgehead atoms. The summed E-state index contributed by atoms with van der Waals surface area (Å²) >= 11 is 0. The van der Waals surface area contributed by atoms with Crippen LogP contribution >= 0.6 is 0 Å². The van der Waals surface area contributed by atoms with E-state index in [9.17, 15) is 19.3 Å². The SMILES string of the molecule is CCNc1cc(N2CCN(C(=O)c3cccc(F)c3)CC2)ccc1[N+](=O)[O-]. The quantitative estimate of drug-likeness (QED) is 0.644. The molecule has 2 aromatic rings. The maximum atomic E-state index is 13.3. The first kappa shape index (κ1) is 18.6. The van der Waals surface area contributed by atoms with Gasteiger partial charge >= 0.3 is 0 Å².